The van der Waals surface area contributed by atoms with Crippen molar-refractivity contribution in [3.8, 4) is 0 Å². The van der Waals surface area contributed by atoms with Crippen molar-refractivity contribution in [2.24, 2.45) is 0 Å². The zero-order valence-electron chi connectivity index (χ0n) is 12.5. The third kappa shape index (κ3) is 3.62. The zero-order chi connectivity index (χ0) is 15.2. The van der Waals surface area contributed by atoms with E-state index >= 15 is 0 Å². The van der Waals surface area contributed by atoms with E-state index in [4.69, 9.17) is 10.5 Å². The van der Waals surface area contributed by atoms with Gasteiger partial charge in [-0.1, -0.05) is 26.0 Å². The highest BCUT2D eigenvalue weighted by molar-refractivity contribution is 5.94. The van der Waals surface area contributed by atoms with Crippen LogP contribution >= 0.6 is 0 Å². The Kier molecular flexibility index (Phi) is 4.98. The number of para-hydroxylation sites is 1. The van der Waals surface area contributed by atoms with Gasteiger partial charge in [-0.3, -0.25) is 4.68 Å². The van der Waals surface area contributed by atoms with Gasteiger partial charge < -0.3 is 10.5 Å². The van der Waals surface area contributed by atoms with Crippen LogP contribution in [0.15, 0.2) is 36.5 Å². The smallest absolute Gasteiger partial charge is 0.340 e. The zero-order valence-corrected chi connectivity index (χ0v) is 12.5. The average Bonchev–Trinajstić information content (AvgIpc) is 2.95. The first kappa shape index (κ1) is 15.1. The van der Waals surface area contributed by atoms with Gasteiger partial charge in [0, 0.05) is 11.9 Å². The molecule has 0 bridgehead atoms. The predicted octanol–water partition coefficient (Wildman–Crippen LogP) is 3.18. The number of carbonyl (C=O) groups excluding carboxylic acids is 1. The molecule has 2 rings (SSSR count). The summed E-state index contributed by atoms with van der Waals surface area (Å²) in [4.78, 5) is 12.0. The lowest BCUT2D eigenvalue weighted by atomic mass is 10.2. The molecule has 2 aromatic rings. The van der Waals surface area contributed by atoms with Crippen molar-refractivity contribution in [2.45, 2.75) is 39.3 Å². The molecule has 0 radical (unpaired) electrons. The maximum absolute atomic E-state index is 12.0. The van der Waals surface area contributed by atoms with Crippen LogP contribution in [0, 0.1) is 0 Å². The van der Waals surface area contributed by atoms with E-state index < -0.39 is 5.97 Å². The molecule has 21 heavy (non-hydrogen) atoms. The number of anilines is 1. The van der Waals surface area contributed by atoms with Crippen LogP contribution in [0.3, 0.4) is 0 Å². The summed E-state index contributed by atoms with van der Waals surface area (Å²) in [7, 11) is 0. The molecule has 0 saturated carbocycles. The van der Waals surface area contributed by atoms with E-state index in [-0.39, 0.29) is 6.61 Å². The third-order valence-electron chi connectivity index (χ3n) is 3.51. The Morgan fingerprint density at radius 1 is 1.29 bits per heavy atom. The van der Waals surface area contributed by atoms with Gasteiger partial charge >= 0.3 is 5.97 Å². The van der Waals surface area contributed by atoms with Gasteiger partial charge in [0.1, 0.15) is 6.61 Å². The molecule has 0 fully saturated rings. The first-order valence-electron chi connectivity index (χ1n) is 7.21. The van der Waals surface area contributed by atoms with Crippen molar-refractivity contribution in [1.82, 2.24) is 9.78 Å². The molecule has 1 aromatic carbocycles. The van der Waals surface area contributed by atoms with Crippen molar-refractivity contribution in [3.63, 3.8) is 0 Å². The Labute approximate surface area is 124 Å². The molecule has 5 heteroatoms. The number of carbonyl (C=O) groups is 1. The highest BCUT2D eigenvalue weighted by Gasteiger charge is 2.12. The Morgan fingerprint density at radius 2 is 2.00 bits per heavy atom. The van der Waals surface area contributed by atoms with Crippen LogP contribution in [0.1, 0.15) is 48.8 Å². The molecule has 0 amide bonds. The van der Waals surface area contributed by atoms with Gasteiger partial charge in [-0.2, -0.15) is 5.10 Å². The second-order valence-electron chi connectivity index (χ2n) is 4.92. The second kappa shape index (κ2) is 6.92. The van der Waals surface area contributed by atoms with Crippen LogP contribution in [0.4, 0.5) is 5.69 Å². The Balaban J connectivity index is 1.97. The molecule has 1 heterocycles. The van der Waals surface area contributed by atoms with E-state index in [9.17, 15) is 4.79 Å². The summed E-state index contributed by atoms with van der Waals surface area (Å²) >= 11 is 0. The van der Waals surface area contributed by atoms with E-state index in [1.807, 2.05) is 16.9 Å². The largest absolute Gasteiger partial charge is 0.455 e. The highest BCUT2D eigenvalue weighted by atomic mass is 16.5. The number of nitrogens with zero attached hydrogens (tertiary/aromatic N) is 2. The lowest BCUT2D eigenvalue weighted by molar-refractivity contribution is 0.0468. The molecule has 0 saturated heterocycles. The molecule has 0 aliphatic carbocycles. The minimum absolute atomic E-state index is 0.153. The molecule has 112 valence electrons. The minimum Gasteiger partial charge on any atom is -0.455 e. The van der Waals surface area contributed by atoms with Crippen molar-refractivity contribution < 1.29 is 9.53 Å². The number of ether oxygens (including phenoxy) is 1. The monoisotopic (exact) mass is 287 g/mol. The second-order valence-corrected chi connectivity index (χ2v) is 4.92. The molecule has 0 unspecified atom stereocenters. The summed E-state index contributed by atoms with van der Waals surface area (Å²) in [6, 6.07) is 9.14. The van der Waals surface area contributed by atoms with E-state index in [0.717, 1.165) is 18.5 Å². The van der Waals surface area contributed by atoms with Crippen LogP contribution in [0.25, 0.3) is 0 Å². The average molecular weight is 287 g/mol. The van der Waals surface area contributed by atoms with E-state index in [2.05, 4.69) is 18.9 Å². The number of esters is 1. The van der Waals surface area contributed by atoms with Crippen molar-refractivity contribution >= 4 is 11.7 Å². The maximum Gasteiger partial charge on any atom is 0.340 e. The van der Waals surface area contributed by atoms with Gasteiger partial charge in [0.25, 0.3) is 0 Å². The molecule has 0 aliphatic heterocycles. The standard InChI is InChI=1S/C16H21N3O2/c1-3-13(4-2)19-10-9-12(18-19)11-21-16(20)14-7-5-6-8-15(14)17/h5-10,13H,3-4,11,17H2,1-2H3. The van der Waals surface area contributed by atoms with Crippen molar-refractivity contribution in [1.29, 1.82) is 0 Å². The number of rotatable bonds is 6. The molecule has 0 aliphatic rings. The molecule has 5 nitrogen and oxygen atoms in total. The Morgan fingerprint density at radius 3 is 2.67 bits per heavy atom. The van der Waals surface area contributed by atoms with Crippen LogP contribution in [-0.2, 0) is 11.3 Å². The highest BCUT2D eigenvalue weighted by Crippen LogP contribution is 2.16. The number of hydrogen-bond donors (Lipinski definition) is 1. The molecular formula is C16H21N3O2. The predicted molar refractivity (Wildman–Crippen MR) is 81.8 cm³/mol. The molecular weight excluding hydrogens is 266 g/mol. The van der Waals surface area contributed by atoms with Crippen LogP contribution in [0.2, 0.25) is 0 Å². The van der Waals surface area contributed by atoms with Gasteiger partial charge in [0.2, 0.25) is 0 Å². The molecule has 0 atom stereocenters. The fourth-order valence-electron chi connectivity index (χ4n) is 2.22. The number of nitrogen functional groups attached to an aromatic ring is 1. The summed E-state index contributed by atoms with van der Waals surface area (Å²) < 4.78 is 7.19. The molecule has 1 aromatic heterocycles. The van der Waals surface area contributed by atoms with E-state index in [1.165, 1.54) is 0 Å². The van der Waals surface area contributed by atoms with Gasteiger partial charge in [0.15, 0.2) is 0 Å². The summed E-state index contributed by atoms with van der Waals surface area (Å²) in [6.45, 7) is 4.42. The first-order valence-corrected chi connectivity index (χ1v) is 7.21. The fraction of sp³-hybridized carbons (Fsp3) is 0.375. The lowest BCUT2D eigenvalue weighted by Gasteiger charge is -2.12. The normalized spacial score (nSPS) is 10.8. The summed E-state index contributed by atoms with van der Waals surface area (Å²) in [6.07, 6.45) is 3.98. The quantitative estimate of drug-likeness (QED) is 0.654. The topological polar surface area (TPSA) is 70.1 Å². The fourth-order valence-corrected chi connectivity index (χ4v) is 2.22. The SMILES string of the molecule is CCC(CC)n1ccc(COC(=O)c2ccccc2N)n1. The number of nitrogens with two attached hydrogens (primary N) is 1. The van der Waals surface area contributed by atoms with E-state index in [1.54, 1.807) is 24.3 Å². The number of benzene rings is 1. The molecule has 2 N–H and O–H groups in total. The van der Waals surface area contributed by atoms with Crippen LogP contribution in [-0.4, -0.2) is 15.7 Å². The summed E-state index contributed by atoms with van der Waals surface area (Å²) in [5.41, 5.74) is 7.30. The summed E-state index contributed by atoms with van der Waals surface area (Å²) in [5, 5.41) is 4.45. The lowest BCUT2D eigenvalue weighted by Crippen LogP contribution is -2.10. The van der Waals surface area contributed by atoms with E-state index in [0.29, 0.717) is 17.3 Å². The maximum atomic E-state index is 12.0. The van der Waals surface area contributed by atoms with Crippen molar-refractivity contribution in [3.05, 3.63) is 47.8 Å². The van der Waals surface area contributed by atoms with Gasteiger partial charge in [-0.25, -0.2) is 4.79 Å². The first-order chi connectivity index (χ1) is 10.2. The molecule has 0 spiro atoms. The Bertz CT molecular complexity index is 603. The van der Waals surface area contributed by atoms with Crippen LogP contribution < -0.4 is 5.73 Å². The van der Waals surface area contributed by atoms with Gasteiger partial charge in [-0.05, 0) is 31.0 Å². The third-order valence-corrected chi connectivity index (χ3v) is 3.51. The number of aromatic nitrogens is 2. The number of hydrogen-bond acceptors (Lipinski definition) is 4. The summed E-state index contributed by atoms with van der Waals surface area (Å²) in [5.74, 6) is -0.426. The minimum atomic E-state index is -0.426. The van der Waals surface area contributed by atoms with Gasteiger partial charge in [-0.15, -0.1) is 0 Å². The van der Waals surface area contributed by atoms with Crippen LogP contribution in [0.5, 0.6) is 0 Å². The van der Waals surface area contributed by atoms with Crippen molar-refractivity contribution in [2.75, 3.05) is 5.73 Å². The Hall–Kier alpha value is -2.30. The van der Waals surface area contributed by atoms with Gasteiger partial charge in [0.05, 0.1) is 17.3 Å².